The van der Waals surface area contributed by atoms with Crippen molar-refractivity contribution in [1.82, 2.24) is 4.98 Å². The molecule has 0 aliphatic heterocycles. The van der Waals surface area contributed by atoms with Gasteiger partial charge in [-0.2, -0.15) is 5.26 Å². The van der Waals surface area contributed by atoms with Gasteiger partial charge in [0.05, 0.1) is 11.3 Å². The zero-order chi connectivity index (χ0) is 10.8. The largest absolute Gasteiger partial charge is 0.345 e. The number of halogens is 1. The van der Waals surface area contributed by atoms with Gasteiger partial charge >= 0.3 is 0 Å². The number of nitriles is 1. The Morgan fingerprint density at radius 2 is 1.93 bits per heavy atom. The normalized spacial score (nSPS) is 9.93. The van der Waals surface area contributed by atoms with E-state index in [2.05, 4.69) is 11.1 Å². The number of nitrogens with zero attached hydrogens (tertiary/aromatic N) is 1. The van der Waals surface area contributed by atoms with Gasteiger partial charge in [0.2, 0.25) is 0 Å². The maximum absolute atomic E-state index is 8.92. The Labute approximate surface area is 93.1 Å². The molecule has 15 heavy (non-hydrogen) atoms. The maximum atomic E-state index is 8.92. The SMILES string of the molecule is Cc1ccc(-c2[nH]c(Cl)cc2C#N)cc1. The Bertz CT molecular complexity index is 518. The smallest absolute Gasteiger partial charge is 0.108 e. The van der Waals surface area contributed by atoms with Crippen molar-refractivity contribution in [2.24, 2.45) is 0 Å². The molecule has 2 rings (SSSR count). The van der Waals surface area contributed by atoms with Crippen molar-refractivity contribution in [3.05, 3.63) is 46.6 Å². The standard InChI is InChI=1S/C12H9ClN2/c1-8-2-4-9(5-3-8)12-10(7-14)6-11(13)15-12/h2-6,15H,1H3. The molecule has 0 aliphatic rings. The third kappa shape index (κ3) is 1.88. The molecule has 0 fully saturated rings. The molecule has 0 aliphatic carbocycles. The van der Waals surface area contributed by atoms with Gasteiger partial charge in [-0.25, -0.2) is 0 Å². The Hall–Kier alpha value is -1.72. The van der Waals surface area contributed by atoms with Crippen molar-refractivity contribution < 1.29 is 0 Å². The van der Waals surface area contributed by atoms with Crippen LogP contribution in [0.25, 0.3) is 11.3 Å². The fourth-order valence-corrected chi connectivity index (χ4v) is 1.66. The van der Waals surface area contributed by atoms with Crippen LogP contribution in [0.15, 0.2) is 30.3 Å². The molecule has 0 spiro atoms. The Kier molecular flexibility index (Phi) is 2.49. The van der Waals surface area contributed by atoms with Gasteiger partial charge in [0.25, 0.3) is 0 Å². The van der Waals surface area contributed by atoms with Gasteiger partial charge < -0.3 is 4.98 Å². The molecule has 2 aromatic rings. The topological polar surface area (TPSA) is 39.6 Å². The highest BCUT2D eigenvalue weighted by atomic mass is 35.5. The number of aromatic amines is 1. The number of aromatic nitrogens is 1. The summed E-state index contributed by atoms with van der Waals surface area (Å²) < 4.78 is 0. The maximum Gasteiger partial charge on any atom is 0.108 e. The number of benzene rings is 1. The zero-order valence-corrected chi connectivity index (χ0v) is 8.97. The first-order chi connectivity index (χ1) is 7.20. The quantitative estimate of drug-likeness (QED) is 0.779. The van der Waals surface area contributed by atoms with Crippen molar-refractivity contribution in [2.45, 2.75) is 6.92 Å². The lowest BCUT2D eigenvalue weighted by Gasteiger charge is -1.99. The first-order valence-corrected chi connectivity index (χ1v) is 4.94. The Morgan fingerprint density at radius 1 is 1.27 bits per heavy atom. The highest BCUT2D eigenvalue weighted by Crippen LogP contribution is 2.25. The number of hydrogen-bond acceptors (Lipinski definition) is 1. The number of H-pyrrole nitrogens is 1. The lowest BCUT2D eigenvalue weighted by Crippen LogP contribution is -1.81. The van der Waals surface area contributed by atoms with E-state index in [1.807, 2.05) is 31.2 Å². The van der Waals surface area contributed by atoms with Gasteiger partial charge in [-0.3, -0.25) is 0 Å². The second-order valence-corrected chi connectivity index (χ2v) is 3.79. The number of nitrogens with one attached hydrogen (secondary N) is 1. The summed E-state index contributed by atoms with van der Waals surface area (Å²) in [5, 5.41) is 9.41. The average Bonchev–Trinajstić information content (AvgIpc) is 2.61. The lowest BCUT2D eigenvalue weighted by atomic mass is 10.1. The second kappa shape index (κ2) is 3.80. The number of hydrogen-bond donors (Lipinski definition) is 1. The van der Waals surface area contributed by atoms with Gasteiger partial charge in [0.1, 0.15) is 11.2 Å². The minimum Gasteiger partial charge on any atom is -0.345 e. The molecular formula is C12H9ClN2. The fraction of sp³-hybridized carbons (Fsp3) is 0.0833. The zero-order valence-electron chi connectivity index (χ0n) is 8.21. The van der Waals surface area contributed by atoms with Crippen molar-refractivity contribution in [1.29, 1.82) is 5.26 Å². The molecule has 2 nitrogen and oxygen atoms in total. The van der Waals surface area contributed by atoms with E-state index in [1.165, 1.54) is 5.56 Å². The first-order valence-electron chi connectivity index (χ1n) is 4.56. The van der Waals surface area contributed by atoms with Crippen molar-refractivity contribution in [3.8, 4) is 17.3 Å². The fourth-order valence-electron chi connectivity index (χ4n) is 1.46. The molecule has 1 heterocycles. The number of rotatable bonds is 1. The monoisotopic (exact) mass is 216 g/mol. The van der Waals surface area contributed by atoms with Crippen LogP contribution in [0.5, 0.6) is 0 Å². The molecule has 3 heteroatoms. The molecule has 0 amide bonds. The average molecular weight is 217 g/mol. The summed E-state index contributed by atoms with van der Waals surface area (Å²) in [6, 6.07) is 11.7. The van der Waals surface area contributed by atoms with E-state index in [0.29, 0.717) is 10.7 Å². The summed E-state index contributed by atoms with van der Waals surface area (Å²) in [5.74, 6) is 0. The van der Waals surface area contributed by atoms with Gasteiger partial charge in [0.15, 0.2) is 0 Å². The van der Waals surface area contributed by atoms with Crippen LogP contribution in [0, 0.1) is 18.3 Å². The molecule has 74 valence electrons. The minimum absolute atomic E-state index is 0.488. The van der Waals surface area contributed by atoms with E-state index < -0.39 is 0 Å². The van der Waals surface area contributed by atoms with Crippen LogP contribution in [0.3, 0.4) is 0 Å². The predicted molar refractivity (Wildman–Crippen MR) is 60.7 cm³/mol. The van der Waals surface area contributed by atoms with Crippen molar-refractivity contribution >= 4 is 11.6 Å². The van der Waals surface area contributed by atoms with E-state index in [1.54, 1.807) is 6.07 Å². The molecule has 0 bridgehead atoms. The van der Waals surface area contributed by atoms with Crippen molar-refractivity contribution in [2.75, 3.05) is 0 Å². The highest BCUT2D eigenvalue weighted by molar-refractivity contribution is 6.29. The second-order valence-electron chi connectivity index (χ2n) is 3.38. The van der Waals surface area contributed by atoms with E-state index >= 15 is 0 Å². The summed E-state index contributed by atoms with van der Waals surface area (Å²) in [6.07, 6.45) is 0. The van der Waals surface area contributed by atoms with Crippen LogP contribution in [-0.2, 0) is 0 Å². The summed E-state index contributed by atoms with van der Waals surface area (Å²) in [5.41, 5.74) is 3.52. The molecule has 0 radical (unpaired) electrons. The summed E-state index contributed by atoms with van der Waals surface area (Å²) in [7, 11) is 0. The third-order valence-electron chi connectivity index (χ3n) is 2.25. The molecule has 1 N–H and O–H groups in total. The number of aryl methyl sites for hydroxylation is 1. The van der Waals surface area contributed by atoms with Crippen LogP contribution in [0.2, 0.25) is 5.15 Å². The molecular weight excluding hydrogens is 208 g/mol. The highest BCUT2D eigenvalue weighted by Gasteiger charge is 2.08. The lowest BCUT2D eigenvalue weighted by molar-refractivity contribution is 1.38. The van der Waals surface area contributed by atoms with Crippen LogP contribution >= 0.6 is 11.6 Å². The summed E-state index contributed by atoms with van der Waals surface area (Å²) in [6.45, 7) is 2.02. The minimum atomic E-state index is 0.488. The van der Waals surface area contributed by atoms with Gasteiger partial charge in [-0.1, -0.05) is 41.4 Å². The van der Waals surface area contributed by atoms with Gasteiger partial charge in [-0.05, 0) is 18.6 Å². The van der Waals surface area contributed by atoms with Crippen molar-refractivity contribution in [3.63, 3.8) is 0 Å². The summed E-state index contributed by atoms with van der Waals surface area (Å²) in [4.78, 5) is 2.97. The van der Waals surface area contributed by atoms with Gasteiger partial charge in [0, 0.05) is 0 Å². The molecule has 0 atom stereocenters. The van der Waals surface area contributed by atoms with Crippen LogP contribution in [-0.4, -0.2) is 4.98 Å². The van der Waals surface area contributed by atoms with E-state index in [-0.39, 0.29) is 0 Å². The molecule has 1 aromatic heterocycles. The van der Waals surface area contributed by atoms with E-state index in [9.17, 15) is 0 Å². The Morgan fingerprint density at radius 3 is 2.53 bits per heavy atom. The molecule has 0 saturated heterocycles. The molecule has 0 unspecified atom stereocenters. The third-order valence-corrected chi connectivity index (χ3v) is 2.45. The Balaban J connectivity index is 2.54. The van der Waals surface area contributed by atoms with E-state index in [0.717, 1.165) is 11.3 Å². The molecule has 0 saturated carbocycles. The van der Waals surface area contributed by atoms with Crippen LogP contribution < -0.4 is 0 Å². The van der Waals surface area contributed by atoms with E-state index in [4.69, 9.17) is 16.9 Å². The molecule has 1 aromatic carbocycles. The summed E-state index contributed by atoms with van der Waals surface area (Å²) >= 11 is 5.82. The predicted octanol–water partition coefficient (Wildman–Crippen LogP) is 3.52. The van der Waals surface area contributed by atoms with Crippen LogP contribution in [0.1, 0.15) is 11.1 Å². The van der Waals surface area contributed by atoms with Gasteiger partial charge in [-0.15, -0.1) is 0 Å². The first kappa shape index (κ1) is 9.82. The van der Waals surface area contributed by atoms with Crippen LogP contribution in [0.4, 0.5) is 0 Å².